The van der Waals surface area contributed by atoms with Crippen molar-refractivity contribution in [2.24, 2.45) is 0 Å². The van der Waals surface area contributed by atoms with Crippen LogP contribution in [-0.4, -0.2) is 25.0 Å². The van der Waals surface area contributed by atoms with Crippen LogP contribution in [0.4, 0.5) is 22.3 Å². The maximum Gasteiger partial charge on any atom is 0.352 e. The first-order valence-corrected chi connectivity index (χ1v) is 8.86. The Hall–Kier alpha value is -3.06. The second-order valence-electron chi connectivity index (χ2n) is 5.86. The molecule has 3 N–H and O–H groups in total. The molecule has 0 saturated heterocycles. The third-order valence-electron chi connectivity index (χ3n) is 3.69. The molecule has 0 atom stereocenters. The molecule has 0 bridgehead atoms. The van der Waals surface area contributed by atoms with Crippen molar-refractivity contribution in [3.05, 3.63) is 65.0 Å². The lowest BCUT2D eigenvalue weighted by Gasteiger charge is -2.12. The number of anilines is 4. The van der Waals surface area contributed by atoms with E-state index in [2.05, 4.69) is 10.3 Å². The number of nitrogens with zero attached hydrogens (tertiary/aromatic N) is 2. The fraction of sp³-hybridized carbons (Fsp3) is 0.158. The Balaban J connectivity index is 1.65. The molecule has 26 heavy (non-hydrogen) atoms. The first kappa shape index (κ1) is 17.8. The average molecular weight is 368 g/mol. The number of nitrogens with two attached hydrogens (primary N) is 1. The molecule has 0 unspecified atom stereocenters. The Bertz CT molecular complexity index is 876. The minimum absolute atomic E-state index is 0.167. The number of carbonyl (C=O) groups excluding carboxylic acids is 1. The van der Waals surface area contributed by atoms with Crippen molar-refractivity contribution in [1.82, 2.24) is 4.98 Å². The van der Waals surface area contributed by atoms with E-state index < -0.39 is 5.97 Å². The summed E-state index contributed by atoms with van der Waals surface area (Å²) in [6.07, 6.45) is 0. The molecule has 0 aliphatic carbocycles. The van der Waals surface area contributed by atoms with Crippen LogP contribution in [0.15, 0.2) is 54.6 Å². The standard InChI is InChI=1S/C19H20N4O2S/c1-23(2)15-10-8-14(9-11-15)21-19-22-17(20)16(26-19)18(24)25-12-13-6-4-3-5-7-13/h3-11H,12,20H2,1-2H3,(H,21,22). The highest BCUT2D eigenvalue weighted by atomic mass is 32.1. The second kappa shape index (κ2) is 7.88. The molecule has 7 heteroatoms. The molecule has 0 fully saturated rings. The van der Waals surface area contributed by atoms with E-state index in [1.165, 1.54) is 11.3 Å². The van der Waals surface area contributed by atoms with Crippen molar-refractivity contribution < 1.29 is 9.53 Å². The molecule has 3 rings (SSSR count). The predicted octanol–water partition coefficient (Wildman–Crippen LogP) is 3.89. The minimum Gasteiger partial charge on any atom is -0.457 e. The Labute approximate surface area is 156 Å². The van der Waals surface area contributed by atoms with Crippen molar-refractivity contribution >= 4 is 39.6 Å². The van der Waals surface area contributed by atoms with Crippen LogP contribution in [0, 0.1) is 0 Å². The lowest BCUT2D eigenvalue weighted by Crippen LogP contribution is -2.08. The smallest absolute Gasteiger partial charge is 0.352 e. The summed E-state index contributed by atoms with van der Waals surface area (Å²) in [5.41, 5.74) is 8.77. The maximum absolute atomic E-state index is 12.3. The highest BCUT2D eigenvalue weighted by molar-refractivity contribution is 7.18. The van der Waals surface area contributed by atoms with Gasteiger partial charge in [0.15, 0.2) is 15.8 Å². The van der Waals surface area contributed by atoms with Gasteiger partial charge < -0.3 is 20.7 Å². The maximum atomic E-state index is 12.3. The molecule has 0 aliphatic heterocycles. The van der Waals surface area contributed by atoms with E-state index in [0.29, 0.717) is 10.0 Å². The second-order valence-corrected chi connectivity index (χ2v) is 6.86. The fourth-order valence-corrected chi connectivity index (χ4v) is 3.09. The molecule has 6 nitrogen and oxygen atoms in total. The third kappa shape index (κ3) is 4.31. The zero-order chi connectivity index (χ0) is 18.5. The van der Waals surface area contributed by atoms with Gasteiger partial charge in [0.2, 0.25) is 0 Å². The molecule has 0 saturated carbocycles. The van der Waals surface area contributed by atoms with Gasteiger partial charge >= 0.3 is 5.97 Å². The van der Waals surface area contributed by atoms with E-state index in [9.17, 15) is 4.79 Å². The summed E-state index contributed by atoms with van der Waals surface area (Å²) in [6.45, 7) is 0.200. The molecule has 1 aromatic heterocycles. The molecule has 0 aliphatic rings. The molecule has 134 valence electrons. The number of carbonyl (C=O) groups is 1. The van der Waals surface area contributed by atoms with Crippen molar-refractivity contribution in [2.45, 2.75) is 6.61 Å². The van der Waals surface area contributed by atoms with Crippen LogP contribution < -0.4 is 16.0 Å². The molecular weight excluding hydrogens is 348 g/mol. The van der Waals surface area contributed by atoms with E-state index in [-0.39, 0.29) is 12.4 Å². The molecule has 1 heterocycles. The van der Waals surface area contributed by atoms with Gasteiger partial charge in [-0.05, 0) is 29.8 Å². The Kier molecular flexibility index (Phi) is 5.38. The number of ether oxygens (including phenoxy) is 1. The number of thiazole rings is 1. The molecule has 0 radical (unpaired) electrons. The Morgan fingerprint density at radius 3 is 2.50 bits per heavy atom. The van der Waals surface area contributed by atoms with Crippen LogP contribution in [-0.2, 0) is 11.3 Å². The summed E-state index contributed by atoms with van der Waals surface area (Å²) in [4.78, 5) is 18.8. The summed E-state index contributed by atoms with van der Waals surface area (Å²) < 4.78 is 5.32. The Morgan fingerprint density at radius 2 is 1.85 bits per heavy atom. The van der Waals surface area contributed by atoms with Crippen molar-refractivity contribution in [2.75, 3.05) is 30.0 Å². The first-order valence-electron chi connectivity index (χ1n) is 8.04. The number of esters is 1. The number of hydrogen-bond donors (Lipinski definition) is 2. The normalized spacial score (nSPS) is 10.4. The quantitative estimate of drug-likeness (QED) is 0.643. The van der Waals surface area contributed by atoms with E-state index in [1.54, 1.807) is 0 Å². The first-order chi connectivity index (χ1) is 12.5. The van der Waals surface area contributed by atoms with Gasteiger partial charge in [-0.1, -0.05) is 41.7 Å². The number of benzene rings is 2. The molecule has 3 aromatic rings. The van der Waals surface area contributed by atoms with Crippen LogP contribution >= 0.6 is 11.3 Å². The van der Waals surface area contributed by atoms with Crippen LogP contribution in [0.1, 0.15) is 15.2 Å². The SMILES string of the molecule is CN(C)c1ccc(Nc2nc(N)c(C(=O)OCc3ccccc3)s2)cc1. The number of aromatic nitrogens is 1. The van der Waals surface area contributed by atoms with Gasteiger partial charge in [-0.2, -0.15) is 0 Å². The van der Waals surface area contributed by atoms with Gasteiger partial charge in [-0.3, -0.25) is 0 Å². The summed E-state index contributed by atoms with van der Waals surface area (Å²) in [6, 6.07) is 17.4. The number of nitrogen functional groups attached to an aromatic ring is 1. The van der Waals surface area contributed by atoms with Crippen LogP contribution in [0.5, 0.6) is 0 Å². The van der Waals surface area contributed by atoms with E-state index in [4.69, 9.17) is 10.5 Å². The van der Waals surface area contributed by atoms with Gasteiger partial charge in [-0.15, -0.1) is 0 Å². The minimum atomic E-state index is -0.472. The van der Waals surface area contributed by atoms with Gasteiger partial charge in [0.25, 0.3) is 0 Å². The largest absolute Gasteiger partial charge is 0.457 e. The van der Waals surface area contributed by atoms with Gasteiger partial charge in [0, 0.05) is 25.5 Å². The van der Waals surface area contributed by atoms with Crippen molar-refractivity contribution in [1.29, 1.82) is 0 Å². The summed E-state index contributed by atoms with van der Waals surface area (Å²) in [5, 5.41) is 3.71. The van der Waals surface area contributed by atoms with Gasteiger partial charge in [-0.25, -0.2) is 9.78 Å². The lowest BCUT2D eigenvalue weighted by molar-refractivity contribution is 0.0479. The van der Waals surface area contributed by atoms with E-state index in [1.807, 2.05) is 73.6 Å². The lowest BCUT2D eigenvalue weighted by atomic mass is 10.2. The number of rotatable bonds is 6. The van der Waals surface area contributed by atoms with Crippen LogP contribution in [0.2, 0.25) is 0 Å². The molecule has 0 spiro atoms. The third-order valence-corrected chi connectivity index (χ3v) is 4.65. The molecule has 2 aromatic carbocycles. The topological polar surface area (TPSA) is 80.5 Å². The predicted molar refractivity (Wildman–Crippen MR) is 106 cm³/mol. The Morgan fingerprint density at radius 1 is 1.15 bits per heavy atom. The monoisotopic (exact) mass is 368 g/mol. The number of nitrogens with one attached hydrogen (secondary N) is 1. The average Bonchev–Trinajstić information content (AvgIpc) is 3.01. The van der Waals surface area contributed by atoms with E-state index in [0.717, 1.165) is 16.9 Å². The summed E-state index contributed by atoms with van der Waals surface area (Å²) in [7, 11) is 3.97. The summed E-state index contributed by atoms with van der Waals surface area (Å²) in [5.74, 6) is -0.305. The summed E-state index contributed by atoms with van der Waals surface area (Å²) >= 11 is 1.18. The fourth-order valence-electron chi connectivity index (χ4n) is 2.29. The van der Waals surface area contributed by atoms with Gasteiger partial charge in [0.1, 0.15) is 6.61 Å². The highest BCUT2D eigenvalue weighted by Gasteiger charge is 2.18. The van der Waals surface area contributed by atoms with E-state index >= 15 is 0 Å². The molecule has 0 amide bonds. The number of hydrogen-bond acceptors (Lipinski definition) is 7. The molecular formula is C19H20N4O2S. The van der Waals surface area contributed by atoms with Crippen LogP contribution in [0.25, 0.3) is 0 Å². The van der Waals surface area contributed by atoms with Gasteiger partial charge in [0.05, 0.1) is 0 Å². The van der Waals surface area contributed by atoms with Crippen LogP contribution in [0.3, 0.4) is 0 Å². The van der Waals surface area contributed by atoms with Crippen molar-refractivity contribution in [3.63, 3.8) is 0 Å². The zero-order valence-corrected chi connectivity index (χ0v) is 15.4. The highest BCUT2D eigenvalue weighted by Crippen LogP contribution is 2.29. The zero-order valence-electron chi connectivity index (χ0n) is 14.6. The van der Waals surface area contributed by atoms with Crippen molar-refractivity contribution in [3.8, 4) is 0 Å².